The number of halogens is 2. The van der Waals surface area contributed by atoms with Crippen molar-refractivity contribution in [3.8, 4) is 0 Å². The number of aliphatic hydroxyl groups is 5. The molecule has 0 radical (unpaired) electrons. The minimum atomic E-state index is -3.59. The Morgan fingerprint density at radius 2 is 1.67 bits per heavy atom. The lowest BCUT2D eigenvalue weighted by molar-refractivity contribution is -0.274. The van der Waals surface area contributed by atoms with Gasteiger partial charge in [0.15, 0.2) is 18.0 Å². The van der Waals surface area contributed by atoms with Crippen LogP contribution in [0.15, 0.2) is 72.8 Å². The molecule has 13 nitrogen and oxygen atoms in total. The molecule has 6 N–H and O–H groups in total. The predicted molar refractivity (Wildman–Crippen MR) is 198 cm³/mol. The average molecular weight is 786 g/mol. The number of ether oxygens (including phenoxy) is 2. The number of nitrogens with one attached hydrogen (secondary N) is 1. The van der Waals surface area contributed by atoms with Gasteiger partial charge in [-0.15, -0.1) is 0 Å². The maximum atomic E-state index is 16.4. The van der Waals surface area contributed by atoms with Crippen LogP contribution < -0.4 is 10.2 Å². The molecule has 54 heavy (non-hydrogen) atoms. The summed E-state index contributed by atoms with van der Waals surface area (Å²) in [4.78, 5) is 44.5. The van der Waals surface area contributed by atoms with Gasteiger partial charge < -0.3 is 54.2 Å². The van der Waals surface area contributed by atoms with Crippen molar-refractivity contribution in [2.75, 3.05) is 23.4 Å². The van der Waals surface area contributed by atoms with Crippen molar-refractivity contribution in [3.63, 3.8) is 0 Å². The smallest absolute Gasteiger partial charge is 0.264 e. The number of carbonyl (C=O) groups is 3. The summed E-state index contributed by atoms with van der Waals surface area (Å²) in [6.45, 7) is 5.00. The molecule has 3 amide bonds. The van der Waals surface area contributed by atoms with Crippen molar-refractivity contribution in [3.05, 3.63) is 94.5 Å². The Kier molecular flexibility index (Phi) is 11.6. The zero-order valence-corrected chi connectivity index (χ0v) is 31.8. The first-order valence-electron chi connectivity index (χ1n) is 17.8. The molecule has 0 aliphatic carbocycles. The highest BCUT2D eigenvalue weighted by molar-refractivity contribution is 6.72. The van der Waals surface area contributed by atoms with Crippen LogP contribution in [0.3, 0.4) is 0 Å². The molecule has 9 atom stereocenters. The minimum Gasteiger partial charge on any atom is -0.395 e. The van der Waals surface area contributed by atoms with Gasteiger partial charge in [0.25, 0.3) is 11.8 Å². The highest BCUT2D eigenvalue weighted by Crippen LogP contribution is 2.60. The Bertz CT molecular complexity index is 1850. The molecule has 0 aromatic heterocycles. The molecule has 3 aliphatic heterocycles. The molecule has 3 aromatic carbocycles. The van der Waals surface area contributed by atoms with Crippen LogP contribution in [0.4, 0.5) is 15.5 Å². The summed E-state index contributed by atoms with van der Waals surface area (Å²) in [5, 5.41) is 52.4. The molecule has 0 bridgehead atoms. The van der Waals surface area contributed by atoms with Crippen molar-refractivity contribution < 1.29 is 53.5 Å². The number of hydrogen-bond donors (Lipinski definition) is 6. The Labute approximate surface area is 318 Å². The van der Waals surface area contributed by atoms with Gasteiger partial charge in [0.1, 0.15) is 18.3 Å². The van der Waals surface area contributed by atoms with E-state index < -0.39 is 74.1 Å². The summed E-state index contributed by atoms with van der Waals surface area (Å²) in [6.07, 6.45) is -10.0. The van der Waals surface area contributed by atoms with E-state index in [-0.39, 0.29) is 44.3 Å². The van der Waals surface area contributed by atoms with Gasteiger partial charge in [-0.05, 0) is 54.6 Å². The monoisotopic (exact) mass is 785 g/mol. The summed E-state index contributed by atoms with van der Waals surface area (Å²) in [7, 11) is -3.59. The summed E-state index contributed by atoms with van der Waals surface area (Å²) in [6, 6.07) is 20.8. The van der Waals surface area contributed by atoms with Gasteiger partial charge >= 0.3 is 0 Å². The number of rotatable bonds is 11. The van der Waals surface area contributed by atoms with Crippen molar-refractivity contribution in [1.82, 2.24) is 4.90 Å². The van der Waals surface area contributed by atoms with Gasteiger partial charge in [0.2, 0.25) is 14.3 Å². The summed E-state index contributed by atoms with van der Waals surface area (Å²) in [5.74, 6) is -2.30. The van der Waals surface area contributed by atoms with Crippen molar-refractivity contribution in [1.29, 1.82) is 0 Å². The fraction of sp³-hybridized carbons (Fsp3) is 0.447. The highest BCUT2D eigenvalue weighted by atomic mass is 35.5. The molecule has 3 aromatic rings. The number of carbonyl (C=O) groups excluding carboxylic acids is 3. The Balaban J connectivity index is 1.24. The summed E-state index contributed by atoms with van der Waals surface area (Å²) >= 11 is 6.50. The van der Waals surface area contributed by atoms with Crippen LogP contribution in [0.5, 0.6) is 0 Å². The maximum absolute atomic E-state index is 16.4. The third-order valence-corrected chi connectivity index (χ3v) is 13.3. The van der Waals surface area contributed by atoms with E-state index in [0.717, 1.165) is 5.56 Å². The molecule has 16 heteroatoms. The fourth-order valence-electron chi connectivity index (χ4n) is 8.06. The van der Waals surface area contributed by atoms with Crippen LogP contribution in [0, 0.1) is 5.92 Å². The van der Waals surface area contributed by atoms with E-state index in [2.05, 4.69) is 5.32 Å². The van der Waals surface area contributed by atoms with E-state index in [1.807, 2.05) is 30.3 Å². The van der Waals surface area contributed by atoms with E-state index in [0.29, 0.717) is 21.8 Å². The number of fused-ring (bicyclic) bond motifs is 2. The van der Waals surface area contributed by atoms with Crippen molar-refractivity contribution >= 4 is 49.1 Å². The van der Waals surface area contributed by atoms with Crippen molar-refractivity contribution in [2.45, 2.75) is 87.5 Å². The first-order chi connectivity index (χ1) is 25.6. The van der Waals surface area contributed by atoms with Crippen LogP contribution >= 0.6 is 11.6 Å². The lowest BCUT2D eigenvalue weighted by Gasteiger charge is -2.37. The average Bonchev–Trinajstić information content (AvgIpc) is 3.55. The number of amides is 3. The maximum Gasteiger partial charge on any atom is 0.264 e. The molecule has 1 spiro atoms. The Morgan fingerprint density at radius 1 is 0.981 bits per heavy atom. The Morgan fingerprint density at radius 3 is 2.31 bits per heavy atom. The second-order valence-corrected chi connectivity index (χ2v) is 18.9. The molecule has 3 heterocycles. The third kappa shape index (κ3) is 7.57. The minimum absolute atomic E-state index is 0.0618. The van der Waals surface area contributed by atoms with Gasteiger partial charge in [-0.25, -0.2) is 0 Å². The molecule has 0 unspecified atom stereocenters. The quantitative estimate of drug-likeness (QED) is 0.125. The number of hydrogen-bond acceptors (Lipinski definition) is 10. The van der Waals surface area contributed by atoms with Gasteiger partial charge in [0, 0.05) is 40.8 Å². The van der Waals surface area contributed by atoms with E-state index >= 15 is 4.11 Å². The van der Waals surface area contributed by atoms with Gasteiger partial charge in [-0.2, -0.15) is 0 Å². The largest absolute Gasteiger partial charge is 0.395 e. The first kappa shape index (κ1) is 39.9. The molecule has 0 saturated carbocycles. The molecule has 3 aliphatic rings. The number of aliphatic hydroxyl groups excluding tert-OH is 5. The third-order valence-electron chi connectivity index (χ3n) is 10.6. The summed E-state index contributed by atoms with van der Waals surface area (Å²) in [5.41, 5.74) is 0.420. The normalized spacial score (nSPS) is 29.4. The molecule has 6 rings (SSSR count). The van der Waals surface area contributed by atoms with E-state index in [9.17, 15) is 39.9 Å². The first-order valence-corrected chi connectivity index (χ1v) is 21.1. The van der Waals surface area contributed by atoms with Crippen LogP contribution in [0.2, 0.25) is 23.7 Å². The fourth-order valence-corrected chi connectivity index (χ4v) is 10.7. The molecular formula is C38H45ClFN3O10Si. The predicted octanol–water partition coefficient (Wildman–Crippen LogP) is 2.81. The molecule has 2 saturated heterocycles. The van der Waals surface area contributed by atoms with Gasteiger partial charge in [-0.1, -0.05) is 61.0 Å². The number of benzene rings is 3. The van der Waals surface area contributed by atoms with Crippen LogP contribution in [-0.4, -0.2) is 107 Å². The van der Waals surface area contributed by atoms with Crippen molar-refractivity contribution in [2.24, 2.45) is 5.92 Å². The van der Waals surface area contributed by atoms with E-state index in [1.165, 1.54) is 9.80 Å². The van der Waals surface area contributed by atoms with Crippen LogP contribution in [-0.2, 0) is 42.5 Å². The Hall–Kier alpha value is -3.77. The SMILES string of the molecule is C[C@@H]1[C@@H]([Si](C)(C)F)[C@H](CC(=O)N(CCO)Cc2ccccc2)O[C@@]12C(=O)N(Cc1ccc(NC(=O)[C@H]3O[C@@H](O)[C@H](O)[C@@H](O)[C@@H]3O)cc1)c1ccc(Cl)cc12. The zero-order valence-electron chi connectivity index (χ0n) is 30.0. The number of anilines is 2. The van der Waals surface area contributed by atoms with Crippen LogP contribution in [0.1, 0.15) is 30.0 Å². The highest BCUT2D eigenvalue weighted by Gasteiger charge is 2.67. The summed E-state index contributed by atoms with van der Waals surface area (Å²) < 4.78 is 28.1. The standard InChI is InChI=1S/C38H45ClFN3O10Si/c1-21-34(54(2,3)40)28(18-29(45)42(15-16-44)19-22-7-5-4-6-8-22)53-38(21)26-17-24(39)11-14-27(26)43(37(38)51)20-23-9-12-25(13-10-23)41-35(49)33-31(47)30(46)32(48)36(50)52-33/h4-14,17,21,28,30-34,36,44,46-48,50H,15-16,18-20H2,1-3H3,(H,41,49)/t21-,28+,30+,31+,32-,33+,34-,36-,38+/m1/s1. The lowest BCUT2D eigenvalue weighted by atomic mass is 9.82. The van der Waals surface area contributed by atoms with Gasteiger partial charge in [0.05, 0.1) is 31.4 Å². The molecule has 2 fully saturated rings. The van der Waals surface area contributed by atoms with Gasteiger partial charge in [-0.3, -0.25) is 14.4 Å². The zero-order chi connectivity index (χ0) is 39.1. The van der Waals surface area contributed by atoms with Crippen LogP contribution in [0.25, 0.3) is 0 Å². The molecular weight excluding hydrogens is 741 g/mol. The second-order valence-electron chi connectivity index (χ2n) is 14.7. The van der Waals surface area contributed by atoms with E-state index in [4.69, 9.17) is 21.1 Å². The number of nitrogens with zero attached hydrogens (tertiary/aromatic N) is 2. The topological polar surface area (TPSA) is 189 Å². The lowest BCUT2D eigenvalue weighted by Crippen LogP contribution is -2.60. The molecule has 290 valence electrons. The van der Waals surface area contributed by atoms with E-state index in [1.54, 1.807) is 62.5 Å². The second kappa shape index (κ2) is 15.8.